The number of fused-ring (bicyclic) bond motifs is 1. The number of ether oxygens (including phenoxy) is 3. The van der Waals surface area contributed by atoms with Crippen molar-refractivity contribution >= 4 is 5.91 Å². The van der Waals surface area contributed by atoms with Crippen molar-refractivity contribution in [2.45, 2.75) is 32.7 Å². The number of carbonyl (C=O) groups excluding carboxylic acids is 1. The largest absolute Gasteiger partial charge is 0.496 e. The summed E-state index contributed by atoms with van der Waals surface area (Å²) in [5, 5.41) is 2.95. The fourth-order valence-electron chi connectivity index (χ4n) is 2.84. The fraction of sp³-hybridized carbons (Fsp3) is 0.350. The van der Waals surface area contributed by atoms with Crippen LogP contribution in [0.25, 0.3) is 0 Å². The molecule has 25 heavy (non-hydrogen) atoms. The van der Waals surface area contributed by atoms with Crippen LogP contribution in [0, 0.1) is 0 Å². The van der Waals surface area contributed by atoms with Crippen LogP contribution >= 0.6 is 0 Å². The Labute approximate surface area is 147 Å². The molecule has 1 aliphatic rings. The van der Waals surface area contributed by atoms with Crippen molar-refractivity contribution in [3.63, 3.8) is 0 Å². The number of rotatable bonds is 6. The molecule has 3 rings (SSSR count). The number of carbonyl (C=O) groups is 1. The summed E-state index contributed by atoms with van der Waals surface area (Å²) in [5.74, 6) is 2.65. The molecular weight excluding hydrogens is 318 g/mol. The number of benzene rings is 2. The number of hydrogen-bond donors (Lipinski definition) is 1. The van der Waals surface area contributed by atoms with Gasteiger partial charge in [0.15, 0.2) is 11.5 Å². The molecule has 132 valence electrons. The molecule has 0 saturated carbocycles. The van der Waals surface area contributed by atoms with Crippen LogP contribution in [-0.4, -0.2) is 19.8 Å². The van der Waals surface area contributed by atoms with Gasteiger partial charge in [-0.3, -0.25) is 4.79 Å². The molecular formula is C20H23NO4. The van der Waals surface area contributed by atoms with Gasteiger partial charge in [0.2, 0.25) is 12.7 Å². The highest BCUT2D eigenvalue weighted by atomic mass is 16.7. The second-order valence-corrected chi connectivity index (χ2v) is 6.37. The van der Waals surface area contributed by atoms with Crippen molar-refractivity contribution < 1.29 is 19.0 Å². The lowest BCUT2D eigenvalue weighted by atomic mass is 9.98. The van der Waals surface area contributed by atoms with Gasteiger partial charge in [-0.05, 0) is 40.8 Å². The molecule has 0 fully saturated rings. The van der Waals surface area contributed by atoms with Gasteiger partial charge in [-0.25, -0.2) is 0 Å². The van der Waals surface area contributed by atoms with Crippen LogP contribution in [0.5, 0.6) is 17.2 Å². The minimum absolute atomic E-state index is 0.0162. The molecule has 0 aromatic heterocycles. The first-order chi connectivity index (χ1) is 12.1. The number of nitrogens with one attached hydrogen (secondary N) is 1. The first-order valence-corrected chi connectivity index (χ1v) is 8.39. The molecule has 0 aliphatic carbocycles. The highest BCUT2D eigenvalue weighted by Gasteiger charge is 2.14. The van der Waals surface area contributed by atoms with Crippen molar-refractivity contribution in [2.24, 2.45) is 0 Å². The highest BCUT2D eigenvalue weighted by Crippen LogP contribution is 2.32. The van der Waals surface area contributed by atoms with Crippen LogP contribution in [0.4, 0.5) is 0 Å². The zero-order valence-electron chi connectivity index (χ0n) is 14.8. The second-order valence-electron chi connectivity index (χ2n) is 6.37. The minimum Gasteiger partial charge on any atom is -0.496 e. The molecule has 5 nitrogen and oxygen atoms in total. The second kappa shape index (κ2) is 7.47. The summed E-state index contributed by atoms with van der Waals surface area (Å²) < 4.78 is 16.0. The lowest BCUT2D eigenvalue weighted by Crippen LogP contribution is -2.24. The van der Waals surface area contributed by atoms with Gasteiger partial charge in [0.1, 0.15) is 5.75 Å². The summed E-state index contributed by atoms with van der Waals surface area (Å²) >= 11 is 0. The Kier molecular flexibility index (Phi) is 5.12. The average Bonchev–Trinajstić information content (AvgIpc) is 3.07. The lowest BCUT2D eigenvalue weighted by molar-refractivity contribution is -0.120. The van der Waals surface area contributed by atoms with Crippen molar-refractivity contribution in [2.75, 3.05) is 13.9 Å². The molecule has 1 aliphatic heterocycles. The first kappa shape index (κ1) is 17.1. The van der Waals surface area contributed by atoms with Crippen LogP contribution in [0.3, 0.4) is 0 Å². The van der Waals surface area contributed by atoms with E-state index in [-0.39, 0.29) is 12.7 Å². The molecule has 0 bridgehead atoms. The maximum atomic E-state index is 12.3. The van der Waals surface area contributed by atoms with Crippen LogP contribution < -0.4 is 19.5 Å². The van der Waals surface area contributed by atoms with Gasteiger partial charge in [0.05, 0.1) is 13.5 Å². The van der Waals surface area contributed by atoms with Gasteiger partial charge in [0.25, 0.3) is 0 Å². The van der Waals surface area contributed by atoms with E-state index in [0.29, 0.717) is 18.9 Å². The maximum Gasteiger partial charge on any atom is 0.231 e. The van der Waals surface area contributed by atoms with E-state index in [1.807, 2.05) is 36.4 Å². The monoisotopic (exact) mass is 341 g/mol. The zero-order chi connectivity index (χ0) is 17.8. The molecule has 2 aromatic carbocycles. The topological polar surface area (TPSA) is 56.8 Å². The van der Waals surface area contributed by atoms with Gasteiger partial charge in [0, 0.05) is 6.54 Å². The molecule has 5 heteroatoms. The predicted molar refractivity (Wildman–Crippen MR) is 95.2 cm³/mol. The summed E-state index contributed by atoms with van der Waals surface area (Å²) in [6.45, 7) is 4.94. The third-order valence-corrected chi connectivity index (χ3v) is 4.21. The lowest BCUT2D eigenvalue weighted by Gasteiger charge is -2.13. The quantitative estimate of drug-likeness (QED) is 0.875. The molecule has 0 radical (unpaired) electrons. The summed E-state index contributed by atoms with van der Waals surface area (Å²) in [6.07, 6.45) is 0.342. The molecule has 0 atom stereocenters. The van der Waals surface area contributed by atoms with E-state index in [1.54, 1.807) is 7.11 Å². The fourth-order valence-corrected chi connectivity index (χ4v) is 2.84. The Morgan fingerprint density at radius 3 is 2.64 bits per heavy atom. The normalized spacial score (nSPS) is 12.3. The van der Waals surface area contributed by atoms with Crippen molar-refractivity contribution in [3.05, 3.63) is 53.1 Å². The van der Waals surface area contributed by atoms with E-state index in [9.17, 15) is 4.79 Å². The molecule has 1 N–H and O–H groups in total. The van der Waals surface area contributed by atoms with E-state index in [2.05, 4.69) is 19.2 Å². The van der Waals surface area contributed by atoms with Crippen molar-refractivity contribution in [3.8, 4) is 17.2 Å². The summed E-state index contributed by atoms with van der Waals surface area (Å²) in [5.41, 5.74) is 3.08. The Morgan fingerprint density at radius 1 is 1.12 bits per heavy atom. The van der Waals surface area contributed by atoms with E-state index < -0.39 is 0 Å². The van der Waals surface area contributed by atoms with Crippen LogP contribution in [0.1, 0.15) is 36.5 Å². The van der Waals surface area contributed by atoms with Crippen LogP contribution in [-0.2, 0) is 17.8 Å². The van der Waals surface area contributed by atoms with E-state index in [1.165, 1.54) is 0 Å². The number of methoxy groups -OCH3 is 1. The van der Waals surface area contributed by atoms with Gasteiger partial charge in [-0.1, -0.05) is 32.0 Å². The van der Waals surface area contributed by atoms with E-state index >= 15 is 0 Å². The standard InChI is InChI=1S/C20H23NO4/c1-13(2)16-8-14(4-6-17(16)23-3)10-20(22)21-11-15-5-7-18-19(9-15)25-12-24-18/h4-9,13H,10-12H2,1-3H3,(H,21,22). The number of hydrogen-bond acceptors (Lipinski definition) is 4. The Bertz CT molecular complexity index is 770. The average molecular weight is 341 g/mol. The van der Waals surface area contributed by atoms with Crippen LogP contribution in [0.15, 0.2) is 36.4 Å². The third kappa shape index (κ3) is 4.05. The minimum atomic E-state index is -0.0162. The van der Waals surface area contributed by atoms with Gasteiger partial charge < -0.3 is 19.5 Å². The predicted octanol–water partition coefficient (Wildman–Crippen LogP) is 3.41. The van der Waals surface area contributed by atoms with E-state index in [4.69, 9.17) is 14.2 Å². The smallest absolute Gasteiger partial charge is 0.231 e. The first-order valence-electron chi connectivity index (χ1n) is 8.39. The molecule has 1 heterocycles. The van der Waals surface area contributed by atoms with Gasteiger partial charge in [-0.2, -0.15) is 0 Å². The van der Waals surface area contributed by atoms with Crippen molar-refractivity contribution in [1.29, 1.82) is 0 Å². The maximum absolute atomic E-state index is 12.3. The molecule has 0 unspecified atom stereocenters. The third-order valence-electron chi connectivity index (χ3n) is 4.21. The summed E-state index contributed by atoms with van der Waals surface area (Å²) in [7, 11) is 1.67. The van der Waals surface area contributed by atoms with Crippen molar-refractivity contribution in [1.82, 2.24) is 5.32 Å². The van der Waals surface area contributed by atoms with Crippen LogP contribution in [0.2, 0.25) is 0 Å². The molecule has 0 spiro atoms. The van der Waals surface area contributed by atoms with E-state index in [0.717, 1.165) is 33.9 Å². The van der Waals surface area contributed by atoms with Gasteiger partial charge in [-0.15, -0.1) is 0 Å². The molecule has 0 saturated heterocycles. The highest BCUT2D eigenvalue weighted by molar-refractivity contribution is 5.78. The summed E-state index contributed by atoms with van der Waals surface area (Å²) in [4.78, 5) is 12.3. The summed E-state index contributed by atoms with van der Waals surface area (Å²) in [6, 6.07) is 11.6. The Balaban J connectivity index is 1.60. The Morgan fingerprint density at radius 2 is 1.88 bits per heavy atom. The SMILES string of the molecule is COc1ccc(CC(=O)NCc2ccc3c(c2)OCO3)cc1C(C)C. The van der Waals surface area contributed by atoms with Gasteiger partial charge >= 0.3 is 0 Å². The Hall–Kier alpha value is -2.69. The molecule has 2 aromatic rings. The number of amides is 1. The zero-order valence-corrected chi connectivity index (χ0v) is 14.8. The molecule has 1 amide bonds.